The molecule has 1 aliphatic heterocycles. The third-order valence-corrected chi connectivity index (χ3v) is 4.73. The number of imidazole rings is 1. The van der Waals surface area contributed by atoms with Gasteiger partial charge in [0.05, 0.1) is 30.3 Å². The van der Waals surface area contributed by atoms with Crippen molar-refractivity contribution < 1.29 is 14.3 Å². The Morgan fingerprint density at radius 1 is 1.18 bits per heavy atom. The van der Waals surface area contributed by atoms with Gasteiger partial charge in [-0.05, 0) is 24.1 Å². The first-order valence-corrected chi connectivity index (χ1v) is 9.02. The van der Waals surface area contributed by atoms with Crippen LogP contribution >= 0.6 is 0 Å². The van der Waals surface area contributed by atoms with Crippen LogP contribution in [-0.2, 0) is 20.7 Å². The van der Waals surface area contributed by atoms with Crippen LogP contribution in [0.1, 0.15) is 5.56 Å². The third kappa shape index (κ3) is 3.46. The first-order valence-electron chi connectivity index (χ1n) is 9.02. The van der Waals surface area contributed by atoms with Crippen molar-refractivity contribution in [2.45, 2.75) is 6.42 Å². The van der Waals surface area contributed by atoms with Gasteiger partial charge in [-0.2, -0.15) is 0 Å². The summed E-state index contributed by atoms with van der Waals surface area (Å²) in [5, 5.41) is 2.99. The van der Waals surface area contributed by atoms with E-state index in [-0.39, 0.29) is 18.1 Å². The number of fused-ring (bicyclic) bond motifs is 1. The number of carbonyl (C=O) groups is 2. The molecular formula is C21H20N4O3. The number of para-hydroxylation sites is 2. The van der Waals surface area contributed by atoms with E-state index in [0.717, 1.165) is 16.6 Å². The van der Waals surface area contributed by atoms with Crippen LogP contribution in [0.5, 0.6) is 0 Å². The minimum Gasteiger partial charge on any atom is -0.466 e. The monoisotopic (exact) mass is 376 g/mol. The Bertz CT molecular complexity index is 1020. The molecule has 2 heterocycles. The molecule has 0 bridgehead atoms. The minimum absolute atomic E-state index is 0.207. The zero-order valence-corrected chi connectivity index (χ0v) is 15.4. The van der Waals surface area contributed by atoms with Gasteiger partial charge >= 0.3 is 5.97 Å². The number of hydrogen-bond donors (Lipinski definition) is 2. The largest absolute Gasteiger partial charge is 0.466 e. The van der Waals surface area contributed by atoms with Gasteiger partial charge in [-0.3, -0.25) is 4.79 Å². The number of nitrogens with zero attached hydrogens (tertiary/aromatic N) is 2. The van der Waals surface area contributed by atoms with E-state index in [9.17, 15) is 9.59 Å². The molecule has 4 rings (SSSR count). The number of anilines is 1. The van der Waals surface area contributed by atoms with Crippen molar-refractivity contribution in [2.24, 2.45) is 0 Å². The summed E-state index contributed by atoms with van der Waals surface area (Å²) in [5.41, 5.74) is 3.27. The molecule has 0 aliphatic carbocycles. The number of nitrogens with one attached hydrogen (secondary N) is 2. The molecular weight excluding hydrogens is 356 g/mol. The minimum atomic E-state index is -0.519. The number of H-pyrrole nitrogens is 1. The number of ether oxygens (including phenoxy) is 1. The van der Waals surface area contributed by atoms with Gasteiger partial charge < -0.3 is 19.9 Å². The van der Waals surface area contributed by atoms with Crippen molar-refractivity contribution in [3.8, 4) is 0 Å². The number of rotatable bonds is 6. The van der Waals surface area contributed by atoms with Gasteiger partial charge in [0.15, 0.2) is 0 Å². The Hall–Kier alpha value is -3.61. The molecule has 142 valence electrons. The van der Waals surface area contributed by atoms with E-state index in [1.54, 1.807) is 4.90 Å². The summed E-state index contributed by atoms with van der Waals surface area (Å²) in [4.78, 5) is 34.3. The zero-order chi connectivity index (χ0) is 19.5. The highest BCUT2D eigenvalue weighted by molar-refractivity contribution is 6.08. The van der Waals surface area contributed by atoms with Gasteiger partial charge in [0, 0.05) is 6.54 Å². The molecule has 7 nitrogen and oxygen atoms in total. The Morgan fingerprint density at radius 3 is 2.68 bits per heavy atom. The van der Waals surface area contributed by atoms with E-state index in [2.05, 4.69) is 15.3 Å². The third-order valence-electron chi connectivity index (χ3n) is 4.73. The van der Waals surface area contributed by atoms with Crippen molar-refractivity contribution in [2.75, 3.05) is 25.5 Å². The second kappa shape index (κ2) is 7.56. The highest BCUT2D eigenvalue weighted by Crippen LogP contribution is 2.23. The maximum absolute atomic E-state index is 12.9. The van der Waals surface area contributed by atoms with Gasteiger partial charge in [0.1, 0.15) is 5.70 Å². The van der Waals surface area contributed by atoms with Crippen LogP contribution in [0.15, 0.2) is 65.9 Å². The molecule has 3 aromatic rings. The Balaban J connectivity index is 1.55. The maximum Gasteiger partial charge on any atom is 0.337 e. The summed E-state index contributed by atoms with van der Waals surface area (Å²) in [6.07, 6.45) is 0.707. The standard InChI is InChI=1S/C21H20N4O3/c1-28-20(27)15-13-25(12-11-14-7-3-2-4-8-14)19(26)18(15)24-21-22-16-9-5-6-10-17(16)23-21/h2-10H,11-13H2,1H3,(H2,22,23,24). The fraction of sp³-hybridized carbons (Fsp3) is 0.190. The molecule has 0 fully saturated rings. The van der Waals surface area contributed by atoms with Crippen molar-refractivity contribution in [1.82, 2.24) is 14.9 Å². The predicted molar refractivity (Wildman–Crippen MR) is 105 cm³/mol. The lowest BCUT2D eigenvalue weighted by molar-refractivity contribution is -0.136. The molecule has 2 N–H and O–H groups in total. The van der Waals surface area contributed by atoms with Gasteiger partial charge in [-0.15, -0.1) is 0 Å². The van der Waals surface area contributed by atoms with Crippen LogP contribution in [0.3, 0.4) is 0 Å². The molecule has 1 aliphatic rings. The summed E-state index contributed by atoms with van der Waals surface area (Å²) in [6, 6.07) is 17.5. The number of amides is 1. The molecule has 7 heteroatoms. The highest BCUT2D eigenvalue weighted by Gasteiger charge is 2.35. The van der Waals surface area contributed by atoms with Gasteiger partial charge in [0.25, 0.3) is 5.91 Å². The summed E-state index contributed by atoms with van der Waals surface area (Å²) in [6.45, 7) is 0.718. The molecule has 0 radical (unpaired) electrons. The topological polar surface area (TPSA) is 87.3 Å². The molecule has 28 heavy (non-hydrogen) atoms. The van der Waals surface area contributed by atoms with Crippen LogP contribution in [-0.4, -0.2) is 46.9 Å². The van der Waals surface area contributed by atoms with Crippen molar-refractivity contribution in [1.29, 1.82) is 0 Å². The van der Waals surface area contributed by atoms with Crippen LogP contribution in [0.4, 0.5) is 5.95 Å². The Kier molecular flexibility index (Phi) is 4.80. The second-order valence-corrected chi connectivity index (χ2v) is 6.54. The number of esters is 1. The van der Waals surface area contributed by atoms with E-state index in [1.165, 1.54) is 7.11 Å². The van der Waals surface area contributed by atoms with Gasteiger partial charge in [-0.25, -0.2) is 9.78 Å². The molecule has 0 saturated carbocycles. The van der Waals surface area contributed by atoms with E-state index >= 15 is 0 Å². The number of hydrogen-bond acceptors (Lipinski definition) is 5. The average Bonchev–Trinajstić information content (AvgIpc) is 3.28. The fourth-order valence-corrected chi connectivity index (χ4v) is 3.27. The molecule has 0 atom stereocenters. The molecule has 0 spiro atoms. The Labute approximate surface area is 162 Å². The maximum atomic E-state index is 12.9. The van der Waals surface area contributed by atoms with Crippen molar-refractivity contribution in [3.63, 3.8) is 0 Å². The molecule has 2 aromatic carbocycles. The second-order valence-electron chi connectivity index (χ2n) is 6.54. The molecule has 0 unspecified atom stereocenters. The summed E-state index contributed by atoms with van der Waals surface area (Å²) < 4.78 is 4.87. The highest BCUT2D eigenvalue weighted by atomic mass is 16.5. The number of aromatic nitrogens is 2. The van der Waals surface area contributed by atoms with E-state index in [1.807, 2.05) is 54.6 Å². The van der Waals surface area contributed by atoms with E-state index in [0.29, 0.717) is 24.5 Å². The number of aromatic amines is 1. The van der Waals surface area contributed by atoms with Gasteiger partial charge in [0.2, 0.25) is 5.95 Å². The van der Waals surface area contributed by atoms with E-state index < -0.39 is 5.97 Å². The van der Waals surface area contributed by atoms with E-state index in [4.69, 9.17) is 4.74 Å². The smallest absolute Gasteiger partial charge is 0.337 e. The normalized spacial score (nSPS) is 14.0. The summed E-state index contributed by atoms with van der Waals surface area (Å²) >= 11 is 0. The lowest BCUT2D eigenvalue weighted by Gasteiger charge is -2.16. The summed E-state index contributed by atoms with van der Waals surface area (Å²) in [7, 11) is 1.31. The lowest BCUT2D eigenvalue weighted by Crippen LogP contribution is -2.31. The Morgan fingerprint density at radius 2 is 1.93 bits per heavy atom. The van der Waals surface area contributed by atoms with Crippen molar-refractivity contribution in [3.05, 3.63) is 71.4 Å². The predicted octanol–water partition coefficient (Wildman–Crippen LogP) is 2.49. The quantitative estimate of drug-likeness (QED) is 0.646. The number of carbonyl (C=O) groups excluding carboxylic acids is 2. The molecule has 0 saturated heterocycles. The molecule has 1 amide bonds. The fourth-order valence-electron chi connectivity index (χ4n) is 3.27. The van der Waals surface area contributed by atoms with Crippen LogP contribution < -0.4 is 5.32 Å². The SMILES string of the molecule is COC(=O)C1=C(Nc2nc3ccccc3[nH]2)C(=O)N(CCc2ccccc2)C1. The van der Waals surface area contributed by atoms with Crippen molar-refractivity contribution >= 4 is 28.9 Å². The van der Waals surface area contributed by atoms with Crippen LogP contribution in [0, 0.1) is 0 Å². The first-order chi connectivity index (χ1) is 13.7. The first kappa shape index (κ1) is 17.8. The van der Waals surface area contributed by atoms with Gasteiger partial charge in [-0.1, -0.05) is 42.5 Å². The van der Waals surface area contributed by atoms with Crippen LogP contribution in [0.2, 0.25) is 0 Å². The lowest BCUT2D eigenvalue weighted by atomic mass is 10.1. The average molecular weight is 376 g/mol. The van der Waals surface area contributed by atoms with Crippen LogP contribution in [0.25, 0.3) is 11.0 Å². The summed E-state index contributed by atoms with van der Waals surface area (Å²) in [5.74, 6) is -0.346. The number of benzene rings is 2. The molecule has 1 aromatic heterocycles. The zero-order valence-electron chi connectivity index (χ0n) is 15.4. The number of methoxy groups -OCH3 is 1.